The second-order valence-corrected chi connectivity index (χ2v) is 4.38. The number of hydrogen-bond acceptors (Lipinski definition) is 4. The van der Waals surface area contributed by atoms with Gasteiger partial charge in [0.05, 0.1) is 29.6 Å². The Kier molecular flexibility index (Phi) is 3.50. The quantitative estimate of drug-likeness (QED) is 0.756. The number of aliphatic hydroxyl groups excluding tert-OH is 1. The van der Waals surface area contributed by atoms with E-state index in [4.69, 9.17) is 11.0 Å². The van der Waals surface area contributed by atoms with Crippen molar-refractivity contribution in [3.05, 3.63) is 23.8 Å². The molecular weight excluding hydrogens is 214 g/mol. The van der Waals surface area contributed by atoms with Crippen LogP contribution in [0.2, 0.25) is 0 Å². The largest absolute Gasteiger partial charge is 0.396 e. The van der Waals surface area contributed by atoms with Gasteiger partial charge in [-0.1, -0.05) is 6.07 Å². The number of hydrogen-bond donors (Lipinski definition) is 2. The van der Waals surface area contributed by atoms with E-state index in [-0.39, 0.29) is 12.6 Å². The second-order valence-electron chi connectivity index (χ2n) is 4.38. The highest BCUT2D eigenvalue weighted by atomic mass is 16.3. The van der Waals surface area contributed by atoms with Crippen LogP contribution >= 0.6 is 0 Å². The molecule has 0 bridgehead atoms. The van der Waals surface area contributed by atoms with Crippen molar-refractivity contribution in [1.82, 2.24) is 0 Å². The average molecular weight is 231 g/mol. The number of aliphatic hydroxyl groups is 1. The Hall–Kier alpha value is -1.73. The Morgan fingerprint density at radius 3 is 3.00 bits per heavy atom. The van der Waals surface area contributed by atoms with Gasteiger partial charge in [0.2, 0.25) is 0 Å². The van der Waals surface area contributed by atoms with Gasteiger partial charge in [-0.15, -0.1) is 0 Å². The maximum absolute atomic E-state index is 9.39. The molecule has 1 unspecified atom stereocenters. The molecule has 0 aromatic heterocycles. The molecule has 1 atom stereocenters. The molecule has 17 heavy (non-hydrogen) atoms. The van der Waals surface area contributed by atoms with Crippen LogP contribution in [0.25, 0.3) is 0 Å². The van der Waals surface area contributed by atoms with Crippen molar-refractivity contribution in [2.75, 3.05) is 23.8 Å². The minimum absolute atomic E-state index is 0.125. The zero-order chi connectivity index (χ0) is 12.3. The van der Waals surface area contributed by atoms with Crippen LogP contribution in [-0.4, -0.2) is 24.3 Å². The van der Waals surface area contributed by atoms with Gasteiger partial charge in [-0.3, -0.25) is 0 Å². The Morgan fingerprint density at radius 2 is 2.29 bits per heavy atom. The van der Waals surface area contributed by atoms with E-state index in [9.17, 15) is 5.11 Å². The predicted molar refractivity (Wildman–Crippen MR) is 67.6 cm³/mol. The van der Waals surface area contributed by atoms with Crippen LogP contribution < -0.4 is 10.6 Å². The van der Waals surface area contributed by atoms with Gasteiger partial charge in [-0.05, 0) is 31.4 Å². The highest BCUT2D eigenvalue weighted by Gasteiger charge is 2.23. The summed E-state index contributed by atoms with van der Waals surface area (Å²) in [5.41, 5.74) is 7.90. The van der Waals surface area contributed by atoms with E-state index in [1.165, 1.54) is 0 Å². The summed E-state index contributed by atoms with van der Waals surface area (Å²) in [5, 5.41) is 18.4. The lowest BCUT2D eigenvalue weighted by atomic mass is 10.0. The lowest BCUT2D eigenvalue weighted by molar-refractivity contribution is 0.240. The molecule has 1 aromatic rings. The van der Waals surface area contributed by atoms with Gasteiger partial charge in [0.1, 0.15) is 6.07 Å². The minimum Gasteiger partial charge on any atom is -0.396 e. The molecule has 0 aliphatic carbocycles. The van der Waals surface area contributed by atoms with E-state index >= 15 is 0 Å². The van der Waals surface area contributed by atoms with Crippen LogP contribution in [0.5, 0.6) is 0 Å². The fourth-order valence-electron chi connectivity index (χ4n) is 2.41. The van der Waals surface area contributed by atoms with E-state index in [0.717, 1.165) is 31.5 Å². The number of rotatable bonds is 2. The topological polar surface area (TPSA) is 73.3 Å². The van der Waals surface area contributed by atoms with E-state index in [0.29, 0.717) is 11.3 Å². The number of piperidine rings is 1. The Balaban J connectivity index is 2.35. The third kappa shape index (κ3) is 2.20. The molecule has 2 rings (SSSR count). The fourth-order valence-corrected chi connectivity index (χ4v) is 2.41. The third-order valence-corrected chi connectivity index (χ3v) is 3.35. The molecule has 1 fully saturated rings. The molecule has 1 heterocycles. The van der Waals surface area contributed by atoms with Crippen LogP contribution in [0.1, 0.15) is 24.8 Å². The van der Waals surface area contributed by atoms with Crippen LogP contribution in [0.4, 0.5) is 11.4 Å². The normalized spacial score (nSPS) is 20.0. The summed E-state index contributed by atoms with van der Waals surface area (Å²) in [4.78, 5) is 2.12. The maximum Gasteiger partial charge on any atom is 0.101 e. The molecule has 3 N–H and O–H groups in total. The minimum atomic E-state index is 0.125. The molecule has 1 saturated heterocycles. The van der Waals surface area contributed by atoms with Crippen molar-refractivity contribution in [2.24, 2.45) is 0 Å². The summed E-state index contributed by atoms with van der Waals surface area (Å²) in [7, 11) is 0. The van der Waals surface area contributed by atoms with Crippen molar-refractivity contribution in [1.29, 1.82) is 5.26 Å². The van der Waals surface area contributed by atoms with Gasteiger partial charge in [-0.25, -0.2) is 0 Å². The highest BCUT2D eigenvalue weighted by Crippen LogP contribution is 2.31. The van der Waals surface area contributed by atoms with Crippen molar-refractivity contribution in [3.8, 4) is 6.07 Å². The summed E-state index contributed by atoms with van der Waals surface area (Å²) in [6.07, 6.45) is 3.22. The van der Waals surface area contributed by atoms with Gasteiger partial charge in [-0.2, -0.15) is 5.26 Å². The van der Waals surface area contributed by atoms with Gasteiger partial charge < -0.3 is 15.7 Å². The molecule has 0 radical (unpaired) electrons. The van der Waals surface area contributed by atoms with Crippen LogP contribution in [0, 0.1) is 11.3 Å². The van der Waals surface area contributed by atoms with Crippen LogP contribution in [0.3, 0.4) is 0 Å². The summed E-state index contributed by atoms with van der Waals surface area (Å²) < 4.78 is 0. The zero-order valence-corrected chi connectivity index (χ0v) is 9.76. The molecule has 0 saturated carbocycles. The van der Waals surface area contributed by atoms with Crippen molar-refractivity contribution in [2.45, 2.75) is 25.3 Å². The Morgan fingerprint density at radius 1 is 1.47 bits per heavy atom. The molecule has 1 aromatic carbocycles. The summed E-state index contributed by atoms with van der Waals surface area (Å²) in [6.45, 7) is 1.03. The fraction of sp³-hybridized carbons (Fsp3) is 0.462. The summed E-state index contributed by atoms with van der Waals surface area (Å²) in [5.74, 6) is 0. The number of anilines is 2. The average Bonchev–Trinajstić information content (AvgIpc) is 2.39. The maximum atomic E-state index is 9.39. The van der Waals surface area contributed by atoms with E-state index < -0.39 is 0 Å². The molecule has 4 heteroatoms. The van der Waals surface area contributed by atoms with E-state index in [2.05, 4.69) is 11.0 Å². The predicted octanol–water partition coefficient (Wildman–Crippen LogP) is 1.49. The SMILES string of the molecule is N#Cc1cccc(N2CCCCC2CO)c1N. The third-order valence-electron chi connectivity index (χ3n) is 3.35. The Bertz CT molecular complexity index is 439. The van der Waals surface area contributed by atoms with Crippen molar-refractivity contribution < 1.29 is 5.11 Å². The van der Waals surface area contributed by atoms with Crippen molar-refractivity contribution in [3.63, 3.8) is 0 Å². The first kappa shape index (κ1) is 11.7. The van der Waals surface area contributed by atoms with Gasteiger partial charge >= 0.3 is 0 Å². The zero-order valence-electron chi connectivity index (χ0n) is 9.76. The van der Waals surface area contributed by atoms with Gasteiger partial charge in [0, 0.05) is 6.54 Å². The second kappa shape index (κ2) is 5.07. The van der Waals surface area contributed by atoms with E-state index in [1.54, 1.807) is 6.07 Å². The first-order chi connectivity index (χ1) is 8.27. The van der Waals surface area contributed by atoms with Crippen molar-refractivity contribution >= 4 is 11.4 Å². The first-order valence-electron chi connectivity index (χ1n) is 5.94. The van der Waals surface area contributed by atoms with E-state index in [1.807, 2.05) is 12.1 Å². The number of nitriles is 1. The molecule has 1 aliphatic rings. The lowest BCUT2D eigenvalue weighted by Crippen LogP contribution is -2.42. The monoisotopic (exact) mass is 231 g/mol. The molecular formula is C13H17N3O. The summed E-state index contributed by atoms with van der Waals surface area (Å²) >= 11 is 0. The first-order valence-corrected chi connectivity index (χ1v) is 5.94. The number of nitrogens with two attached hydrogens (primary N) is 1. The van der Waals surface area contributed by atoms with Gasteiger partial charge in [0.15, 0.2) is 0 Å². The standard InChI is InChI=1S/C13H17N3O/c14-8-10-4-3-6-12(13(10)15)16-7-2-1-5-11(16)9-17/h3-4,6,11,17H,1-2,5,7,9,15H2. The Labute approximate surface area is 101 Å². The molecule has 0 spiro atoms. The molecule has 4 nitrogen and oxygen atoms in total. The van der Waals surface area contributed by atoms with Crippen LogP contribution in [0.15, 0.2) is 18.2 Å². The smallest absolute Gasteiger partial charge is 0.101 e. The molecule has 1 aliphatic heterocycles. The van der Waals surface area contributed by atoms with Gasteiger partial charge in [0.25, 0.3) is 0 Å². The number of para-hydroxylation sites is 1. The molecule has 90 valence electrons. The number of nitrogens with zero attached hydrogens (tertiary/aromatic N) is 2. The molecule has 0 amide bonds. The summed E-state index contributed by atoms with van der Waals surface area (Å²) in [6, 6.07) is 7.70. The number of nitrogen functional groups attached to an aromatic ring is 1. The van der Waals surface area contributed by atoms with Crippen LogP contribution in [-0.2, 0) is 0 Å². The number of benzene rings is 1. The lowest BCUT2D eigenvalue weighted by Gasteiger charge is -2.37. The highest BCUT2D eigenvalue weighted by molar-refractivity contribution is 5.74.